The van der Waals surface area contributed by atoms with Crippen molar-refractivity contribution in [1.29, 1.82) is 0 Å². The Hall–Kier alpha value is -2.15. The molecule has 0 aromatic carbocycles. The molecule has 1 unspecified atom stereocenters. The third-order valence-corrected chi connectivity index (χ3v) is 4.12. The Kier molecular flexibility index (Phi) is 4.76. The highest BCUT2D eigenvalue weighted by Crippen LogP contribution is 2.30. The molecule has 0 radical (unpaired) electrons. The summed E-state index contributed by atoms with van der Waals surface area (Å²) in [6.07, 6.45) is 5.11. The van der Waals surface area contributed by atoms with E-state index in [9.17, 15) is 4.79 Å². The highest BCUT2D eigenvalue weighted by molar-refractivity contribution is 5.94. The van der Waals surface area contributed by atoms with Crippen molar-refractivity contribution in [2.75, 3.05) is 13.2 Å². The summed E-state index contributed by atoms with van der Waals surface area (Å²) in [4.78, 5) is 19.8. The number of hydrogen-bond acceptors (Lipinski definition) is 5. The van der Waals surface area contributed by atoms with E-state index in [1.807, 2.05) is 13.8 Å². The van der Waals surface area contributed by atoms with Crippen LogP contribution in [0.1, 0.15) is 60.7 Å². The zero-order chi connectivity index (χ0) is 16.2. The van der Waals surface area contributed by atoms with Gasteiger partial charge >= 0.3 is 0 Å². The first-order chi connectivity index (χ1) is 11.1. The summed E-state index contributed by atoms with van der Waals surface area (Å²) < 4.78 is 10.9. The molecule has 7 nitrogen and oxygen atoms in total. The molecule has 1 saturated heterocycles. The summed E-state index contributed by atoms with van der Waals surface area (Å²) in [5, 5.41) is 7.07. The summed E-state index contributed by atoms with van der Waals surface area (Å²) in [6.45, 7) is 5.39. The van der Waals surface area contributed by atoms with E-state index in [0.29, 0.717) is 30.5 Å². The lowest BCUT2D eigenvalue weighted by molar-refractivity contribution is 0.0468. The number of amides is 1. The van der Waals surface area contributed by atoms with Gasteiger partial charge in [-0.2, -0.15) is 4.98 Å². The maximum absolute atomic E-state index is 12.4. The quantitative estimate of drug-likeness (QED) is 0.883. The minimum absolute atomic E-state index is 0.146. The molecule has 3 rings (SSSR count). The average Bonchev–Trinajstić information content (AvgIpc) is 3.24. The molecule has 7 heteroatoms. The Labute approximate surface area is 134 Å². The zero-order valence-corrected chi connectivity index (χ0v) is 13.4. The van der Waals surface area contributed by atoms with Gasteiger partial charge in [0.25, 0.3) is 5.91 Å². The number of aromatic amines is 1. The predicted molar refractivity (Wildman–Crippen MR) is 82.9 cm³/mol. The van der Waals surface area contributed by atoms with Gasteiger partial charge in [0, 0.05) is 31.5 Å². The fraction of sp³-hybridized carbons (Fsp3) is 0.562. The van der Waals surface area contributed by atoms with Gasteiger partial charge in [0.15, 0.2) is 5.82 Å². The Balaban J connectivity index is 1.81. The van der Waals surface area contributed by atoms with Crippen LogP contribution in [-0.2, 0) is 4.74 Å². The van der Waals surface area contributed by atoms with Crippen molar-refractivity contribution >= 4 is 5.91 Å². The van der Waals surface area contributed by atoms with Crippen LogP contribution in [0.4, 0.5) is 0 Å². The molecule has 1 atom stereocenters. The normalized spacial score (nSPS) is 17.3. The molecule has 1 aliphatic heterocycles. The molecule has 1 amide bonds. The van der Waals surface area contributed by atoms with Gasteiger partial charge in [-0.05, 0) is 24.8 Å². The van der Waals surface area contributed by atoms with Crippen molar-refractivity contribution in [3.05, 3.63) is 35.7 Å². The smallest absolute Gasteiger partial charge is 0.253 e. The number of H-pyrrole nitrogens is 1. The highest BCUT2D eigenvalue weighted by atomic mass is 16.5. The number of hydrogen-bond donors (Lipinski definition) is 2. The van der Waals surface area contributed by atoms with Gasteiger partial charge in [-0.15, -0.1) is 0 Å². The van der Waals surface area contributed by atoms with E-state index in [2.05, 4.69) is 20.4 Å². The monoisotopic (exact) mass is 318 g/mol. The number of aromatic nitrogens is 3. The predicted octanol–water partition coefficient (Wildman–Crippen LogP) is 2.42. The van der Waals surface area contributed by atoms with Gasteiger partial charge in [-0.3, -0.25) is 4.79 Å². The van der Waals surface area contributed by atoms with E-state index in [4.69, 9.17) is 9.26 Å². The maximum Gasteiger partial charge on any atom is 0.253 e. The number of carbonyl (C=O) groups is 1. The van der Waals surface area contributed by atoms with Crippen molar-refractivity contribution in [2.45, 2.75) is 38.6 Å². The molecule has 23 heavy (non-hydrogen) atoms. The minimum Gasteiger partial charge on any atom is -0.381 e. The molecule has 0 bridgehead atoms. The van der Waals surface area contributed by atoms with E-state index in [1.165, 1.54) is 0 Å². The average molecular weight is 318 g/mol. The molecule has 3 heterocycles. The summed E-state index contributed by atoms with van der Waals surface area (Å²) in [5.41, 5.74) is 0.589. The molecular weight excluding hydrogens is 296 g/mol. The zero-order valence-electron chi connectivity index (χ0n) is 13.4. The molecule has 2 aromatic rings. The fourth-order valence-corrected chi connectivity index (χ4v) is 2.73. The standard InChI is InChI=1S/C16H22N4O3/c1-10(2)14-19-16(23-20-14)13(11-4-7-22-8-5-11)18-15(21)12-3-6-17-9-12/h3,6,9-11,13,17H,4-5,7-8H2,1-2H3,(H,18,21). The van der Waals surface area contributed by atoms with Crippen molar-refractivity contribution in [1.82, 2.24) is 20.4 Å². The number of ether oxygens (including phenoxy) is 1. The van der Waals surface area contributed by atoms with E-state index in [0.717, 1.165) is 12.8 Å². The molecule has 0 spiro atoms. The lowest BCUT2D eigenvalue weighted by atomic mass is 9.91. The second-order valence-corrected chi connectivity index (χ2v) is 6.15. The van der Waals surface area contributed by atoms with Gasteiger partial charge in [-0.25, -0.2) is 0 Å². The Bertz CT molecular complexity index is 630. The number of nitrogens with zero attached hydrogens (tertiary/aromatic N) is 2. The van der Waals surface area contributed by atoms with Crippen LogP contribution in [0.3, 0.4) is 0 Å². The molecule has 0 aliphatic carbocycles. The Morgan fingerprint density at radius 3 is 2.78 bits per heavy atom. The Morgan fingerprint density at radius 1 is 1.39 bits per heavy atom. The lowest BCUT2D eigenvalue weighted by Gasteiger charge is -2.28. The number of nitrogens with one attached hydrogen (secondary N) is 2. The molecule has 124 valence electrons. The summed E-state index contributed by atoms with van der Waals surface area (Å²) in [6, 6.07) is 1.45. The van der Waals surface area contributed by atoms with Gasteiger partial charge in [0.2, 0.25) is 5.89 Å². The van der Waals surface area contributed by atoms with Crippen molar-refractivity contribution in [2.24, 2.45) is 5.92 Å². The lowest BCUT2D eigenvalue weighted by Crippen LogP contribution is -2.36. The Morgan fingerprint density at radius 2 is 2.17 bits per heavy atom. The van der Waals surface area contributed by atoms with Crippen molar-refractivity contribution in [3.63, 3.8) is 0 Å². The number of rotatable bonds is 5. The van der Waals surface area contributed by atoms with Crippen LogP contribution in [0.25, 0.3) is 0 Å². The van der Waals surface area contributed by atoms with E-state index in [1.54, 1.807) is 18.5 Å². The van der Waals surface area contributed by atoms with Gasteiger partial charge in [-0.1, -0.05) is 19.0 Å². The van der Waals surface area contributed by atoms with Gasteiger partial charge in [0.1, 0.15) is 6.04 Å². The molecular formula is C16H22N4O3. The van der Waals surface area contributed by atoms with Gasteiger partial charge in [0.05, 0.1) is 5.56 Å². The highest BCUT2D eigenvalue weighted by Gasteiger charge is 2.32. The van der Waals surface area contributed by atoms with Gasteiger partial charge < -0.3 is 19.6 Å². The number of carbonyl (C=O) groups excluding carboxylic acids is 1. The van der Waals surface area contributed by atoms with Crippen LogP contribution in [-0.4, -0.2) is 34.2 Å². The topological polar surface area (TPSA) is 93.0 Å². The minimum atomic E-state index is -0.290. The van der Waals surface area contributed by atoms with Crippen LogP contribution in [0.2, 0.25) is 0 Å². The molecule has 2 aromatic heterocycles. The van der Waals surface area contributed by atoms with E-state index < -0.39 is 0 Å². The van der Waals surface area contributed by atoms with E-state index in [-0.39, 0.29) is 23.8 Å². The van der Waals surface area contributed by atoms with Crippen molar-refractivity contribution < 1.29 is 14.1 Å². The summed E-state index contributed by atoms with van der Waals surface area (Å²) in [7, 11) is 0. The first-order valence-corrected chi connectivity index (χ1v) is 8.00. The SMILES string of the molecule is CC(C)c1noc(C(NC(=O)c2cc[nH]c2)C2CCOCC2)n1. The first kappa shape index (κ1) is 15.7. The van der Waals surface area contributed by atoms with Crippen LogP contribution in [0.5, 0.6) is 0 Å². The van der Waals surface area contributed by atoms with Crippen LogP contribution < -0.4 is 5.32 Å². The fourth-order valence-electron chi connectivity index (χ4n) is 2.73. The first-order valence-electron chi connectivity index (χ1n) is 8.00. The maximum atomic E-state index is 12.4. The third-order valence-electron chi connectivity index (χ3n) is 4.12. The second-order valence-electron chi connectivity index (χ2n) is 6.15. The molecule has 1 fully saturated rings. The molecule has 0 saturated carbocycles. The largest absolute Gasteiger partial charge is 0.381 e. The third kappa shape index (κ3) is 3.61. The molecule has 2 N–H and O–H groups in total. The van der Waals surface area contributed by atoms with E-state index >= 15 is 0 Å². The summed E-state index contributed by atoms with van der Waals surface area (Å²) >= 11 is 0. The molecule has 1 aliphatic rings. The van der Waals surface area contributed by atoms with Crippen LogP contribution >= 0.6 is 0 Å². The van der Waals surface area contributed by atoms with Crippen molar-refractivity contribution in [3.8, 4) is 0 Å². The summed E-state index contributed by atoms with van der Waals surface area (Å²) in [5.74, 6) is 1.40. The van der Waals surface area contributed by atoms with Crippen LogP contribution in [0.15, 0.2) is 23.0 Å². The second kappa shape index (κ2) is 6.95. The van der Waals surface area contributed by atoms with Crippen LogP contribution in [0, 0.1) is 5.92 Å².